The highest BCUT2D eigenvalue weighted by molar-refractivity contribution is 5.80. The lowest BCUT2D eigenvalue weighted by atomic mass is 9.87. The molecule has 0 aromatic carbocycles. The third kappa shape index (κ3) is 3.67. The summed E-state index contributed by atoms with van der Waals surface area (Å²) in [5.41, 5.74) is 3.02. The topological polar surface area (TPSA) is 56.4 Å². The van der Waals surface area contributed by atoms with Crippen molar-refractivity contribution in [3.05, 3.63) is 0 Å². The SMILES string of the molecule is CC1CCC(NC(=O)C2CNN3C(C(F)F)CC(C)NC23)CC1. The number of nitrogens with zero attached hydrogens (tertiary/aromatic N) is 1. The van der Waals surface area contributed by atoms with Crippen LogP contribution in [0.1, 0.15) is 46.0 Å². The highest BCUT2D eigenvalue weighted by atomic mass is 19.3. The molecule has 0 aromatic heterocycles. The van der Waals surface area contributed by atoms with E-state index in [0.717, 1.165) is 31.6 Å². The number of alkyl halides is 2. The van der Waals surface area contributed by atoms with Gasteiger partial charge in [-0.15, -0.1) is 0 Å². The molecule has 3 fully saturated rings. The smallest absolute Gasteiger partial charge is 0.255 e. The van der Waals surface area contributed by atoms with Gasteiger partial charge in [-0.2, -0.15) is 0 Å². The van der Waals surface area contributed by atoms with Crippen molar-refractivity contribution in [2.75, 3.05) is 6.54 Å². The zero-order chi connectivity index (χ0) is 16.6. The van der Waals surface area contributed by atoms with E-state index in [1.54, 1.807) is 5.01 Å². The van der Waals surface area contributed by atoms with Gasteiger partial charge in [0.1, 0.15) is 0 Å². The fourth-order valence-corrected chi connectivity index (χ4v) is 4.14. The predicted octanol–water partition coefficient (Wildman–Crippen LogP) is 1.46. The number of hydrogen-bond donors (Lipinski definition) is 3. The third-order valence-electron chi connectivity index (χ3n) is 5.57. The summed E-state index contributed by atoms with van der Waals surface area (Å²) in [4.78, 5) is 12.6. The lowest BCUT2D eigenvalue weighted by Gasteiger charge is -2.41. The predicted molar refractivity (Wildman–Crippen MR) is 83.7 cm³/mol. The summed E-state index contributed by atoms with van der Waals surface area (Å²) in [6.45, 7) is 4.57. The molecular weight excluding hydrogens is 302 g/mol. The van der Waals surface area contributed by atoms with E-state index in [9.17, 15) is 13.6 Å². The van der Waals surface area contributed by atoms with Crippen molar-refractivity contribution in [3.63, 3.8) is 0 Å². The van der Waals surface area contributed by atoms with E-state index < -0.39 is 12.5 Å². The number of halogens is 2. The van der Waals surface area contributed by atoms with Crippen molar-refractivity contribution in [2.24, 2.45) is 11.8 Å². The van der Waals surface area contributed by atoms with Gasteiger partial charge in [0.15, 0.2) is 0 Å². The van der Waals surface area contributed by atoms with Crippen molar-refractivity contribution in [1.29, 1.82) is 0 Å². The quantitative estimate of drug-likeness (QED) is 0.733. The van der Waals surface area contributed by atoms with Gasteiger partial charge >= 0.3 is 0 Å². The summed E-state index contributed by atoms with van der Waals surface area (Å²) in [7, 11) is 0. The Hall–Kier alpha value is -0.790. The van der Waals surface area contributed by atoms with Gasteiger partial charge in [0.05, 0.1) is 18.1 Å². The molecule has 3 rings (SSSR count). The minimum Gasteiger partial charge on any atom is -0.353 e. The van der Waals surface area contributed by atoms with Gasteiger partial charge in [-0.1, -0.05) is 6.92 Å². The normalized spacial score (nSPS) is 41.8. The van der Waals surface area contributed by atoms with Crippen molar-refractivity contribution >= 4 is 5.91 Å². The maximum atomic E-state index is 13.3. The second kappa shape index (κ2) is 6.99. The van der Waals surface area contributed by atoms with Gasteiger partial charge in [0.25, 0.3) is 6.43 Å². The fraction of sp³-hybridized carbons (Fsp3) is 0.938. The summed E-state index contributed by atoms with van der Waals surface area (Å²) >= 11 is 0. The zero-order valence-electron chi connectivity index (χ0n) is 13.9. The molecule has 4 unspecified atom stereocenters. The Kier molecular flexibility index (Phi) is 5.18. The highest BCUT2D eigenvalue weighted by Gasteiger charge is 2.48. The number of fused-ring (bicyclic) bond motifs is 1. The van der Waals surface area contributed by atoms with Crippen molar-refractivity contribution < 1.29 is 13.6 Å². The first-order valence-corrected chi connectivity index (χ1v) is 8.82. The number of carbonyl (C=O) groups is 1. The summed E-state index contributed by atoms with van der Waals surface area (Å²) in [6, 6.07) is -0.606. The molecule has 5 nitrogen and oxygen atoms in total. The largest absolute Gasteiger partial charge is 0.353 e. The summed E-state index contributed by atoms with van der Waals surface area (Å²) in [5.74, 6) is 0.400. The molecule has 3 aliphatic rings. The van der Waals surface area contributed by atoms with Crippen molar-refractivity contribution in [3.8, 4) is 0 Å². The second-order valence-electron chi connectivity index (χ2n) is 7.49. The molecule has 1 aliphatic carbocycles. The van der Waals surface area contributed by atoms with E-state index in [4.69, 9.17) is 0 Å². The molecule has 1 amide bonds. The number of rotatable bonds is 3. The van der Waals surface area contributed by atoms with E-state index in [2.05, 4.69) is 23.0 Å². The Morgan fingerprint density at radius 3 is 2.57 bits per heavy atom. The van der Waals surface area contributed by atoms with Crippen molar-refractivity contribution in [2.45, 2.75) is 76.7 Å². The van der Waals surface area contributed by atoms with Gasteiger partial charge in [-0.25, -0.2) is 13.8 Å². The van der Waals surface area contributed by atoms with Crippen LogP contribution in [0.3, 0.4) is 0 Å². The van der Waals surface area contributed by atoms with Gasteiger partial charge < -0.3 is 5.32 Å². The van der Waals surface area contributed by atoms with Gasteiger partial charge in [0.2, 0.25) is 5.91 Å². The molecule has 2 aliphatic heterocycles. The van der Waals surface area contributed by atoms with Crippen LogP contribution in [0.5, 0.6) is 0 Å². The Morgan fingerprint density at radius 2 is 1.91 bits per heavy atom. The first-order chi connectivity index (χ1) is 11.0. The van der Waals surface area contributed by atoms with E-state index >= 15 is 0 Å². The van der Waals surface area contributed by atoms with Crippen LogP contribution in [0.4, 0.5) is 8.78 Å². The number of amides is 1. The van der Waals surface area contributed by atoms with Crippen LogP contribution in [0.15, 0.2) is 0 Å². The molecule has 4 atom stereocenters. The summed E-state index contributed by atoms with van der Waals surface area (Å²) in [5, 5.41) is 8.02. The molecule has 7 heteroatoms. The Labute approximate surface area is 136 Å². The molecular formula is C16H28F2N4O. The van der Waals surface area contributed by atoms with Crippen LogP contribution in [0.2, 0.25) is 0 Å². The number of carbonyl (C=O) groups excluding carboxylic acids is 1. The second-order valence-corrected chi connectivity index (χ2v) is 7.49. The lowest BCUT2D eigenvalue weighted by molar-refractivity contribution is -0.128. The molecule has 0 spiro atoms. The molecule has 2 heterocycles. The number of hydrogen-bond acceptors (Lipinski definition) is 4. The van der Waals surface area contributed by atoms with E-state index in [1.807, 2.05) is 6.92 Å². The maximum absolute atomic E-state index is 13.3. The van der Waals surface area contributed by atoms with Gasteiger partial charge in [-0.3, -0.25) is 15.5 Å². The molecule has 23 heavy (non-hydrogen) atoms. The van der Waals surface area contributed by atoms with E-state index in [0.29, 0.717) is 13.0 Å². The molecule has 3 N–H and O–H groups in total. The molecule has 132 valence electrons. The Morgan fingerprint density at radius 1 is 1.22 bits per heavy atom. The average Bonchev–Trinajstić information content (AvgIpc) is 2.92. The minimum absolute atomic E-state index is 0.0130. The van der Waals surface area contributed by atoms with E-state index in [-0.39, 0.29) is 30.1 Å². The van der Waals surface area contributed by atoms with Gasteiger partial charge in [0, 0.05) is 18.6 Å². The summed E-state index contributed by atoms with van der Waals surface area (Å²) in [6.07, 6.45) is 1.96. The fourth-order valence-electron chi connectivity index (χ4n) is 4.14. The summed E-state index contributed by atoms with van der Waals surface area (Å²) < 4.78 is 26.5. The Bertz CT molecular complexity index is 428. The first kappa shape index (κ1) is 17.0. The van der Waals surface area contributed by atoms with Crippen LogP contribution in [-0.4, -0.2) is 48.2 Å². The van der Waals surface area contributed by atoms with E-state index in [1.165, 1.54) is 0 Å². The molecule has 1 saturated carbocycles. The van der Waals surface area contributed by atoms with Crippen molar-refractivity contribution in [1.82, 2.24) is 21.1 Å². The maximum Gasteiger partial charge on any atom is 0.255 e. The van der Waals surface area contributed by atoms with Crippen LogP contribution in [0.25, 0.3) is 0 Å². The first-order valence-electron chi connectivity index (χ1n) is 8.82. The molecule has 0 radical (unpaired) electrons. The minimum atomic E-state index is -2.41. The Balaban J connectivity index is 1.61. The third-order valence-corrected chi connectivity index (χ3v) is 5.57. The lowest BCUT2D eigenvalue weighted by Crippen LogP contribution is -2.63. The zero-order valence-corrected chi connectivity index (χ0v) is 13.9. The van der Waals surface area contributed by atoms with Crippen LogP contribution in [0, 0.1) is 11.8 Å². The van der Waals surface area contributed by atoms with Gasteiger partial charge in [-0.05, 0) is 44.9 Å². The standard InChI is InChI=1S/C16H28F2N4O/c1-9-3-5-11(6-4-9)21-16(23)12-8-19-22-13(14(17)18)7-10(2)20-15(12)22/h9-15,19-20H,3-8H2,1-2H3,(H,21,23). The number of hydrazine groups is 1. The number of nitrogens with one attached hydrogen (secondary N) is 3. The molecule has 0 aromatic rings. The van der Waals surface area contributed by atoms with Crippen LogP contribution >= 0.6 is 0 Å². The van der Waals surface area contributed by atoms with Crippen LogP contribution < -0.4 is 16.1 Å². The monoisotopic (exact) mass is 330 g/mol. The molecule has 0 bridgehead atoms. The van der Waals surface area contributed by atoms with Crippen LogP contribution in [-0.2, 0) is 4.79 Å². The molecule has 2 saturated heterocycles. The highest BCUT2D eigenvalue weighted by Crippen LogP contribution is 2.29. The average molecular weight is 330 g/mol.